The Kier molecular flexibility index (Phi) is 4.62. The number of aromatic hydroxyl groups is 1. The standard InChI is InChI=1S/C17H21NO6/c1-2-3-4-7-18-10-17-14(22-15(20)16(21)24-17)8-11-5-6-12(19)9-13(11)23-17/h5-6,9,14,18-19H,2-4,7-8,10H2,1H3. The predicted octanol–water partition coefficient (Wildman–Crippen LogP) is 1.27. The first kappa shape index (κ1) is 16.6. The fraction of sp³-hybridized carbons (Fsp3) is 0.529. The molecule has 1 saturated heterocycles. The number of phenols is 1. The van der Waals surface area contributed by atoms with Gasteiger partial charge < -0.3 is 24.6 Å². The number of unbranched alkanes of at least 4 members (excludes halogenated alkanes) is 2. The molecule has 130 valence electrons. The monoisotopic (exact) mass is 335 g/mol. The van der Waals surface area contributed by atoms with E-state index in [4.69, 9.17) is 14.2 Å². The molecule has 2 unspecified atom stereocenters. The molecule has 24 heavy (non-hydrogen) atoms. The second-order valence-electron chi connectivity index (χ2n) is 6.08. The summed E-state index contributed by atoms with van der Waals surface area (Å²) in [5, 5.41) is 12.9. The first-order valence-corrected chi connectivity index (χ1v) is 8.19. The summed E-state index contributed by atoms with van der Waals surface area (Å²) in [6.45, 7) is 3.06. The summed E-state index contributed by atoms with van der Waals surface area (Å²) in [6.07, 6.45) is 2.81. The van der Waals surface area contributed by atoms with Crippen molar-refractivity contribution >= 4 is 11.9 Å². The lowest BCUT2D eigenvalue weighted by molar-refractivity contribution is -0.264. The maximum atomic E-state index is 11.7. The van der Waals surface area contributed by atoms with Gasteiger partial charge >= 0.3 is 17.7 Å². The average molecular weight is 335 g/mol. The Morgan fingerprint density at radius 1 is 1.25 bits per heavy atom. The fourth-order valence-corrected chi connectivity index (χ4v) is 2.96. The van der Waals surface area contributed by atoms with Gasteiger partial charge in [-0.3, -0.25) is 0 Å². The van der Waals surface area contributed by atoms with E-state index in [-0.39, 0.29) is 12.3 Å². The molecule has 1 fully saturated rings. The van der Waals surface area contributed by atoms with Crippen LogP contribution in [0.5, 0.6) is 11.5 Å². The van der Waals surface area contributed by atoms with Crippen LogP contribution in [0.3, 0.4) is 0 Å². The third-order valence-corrected chi connectivity index (χ3v) is 4.24. The van der Waals surface area contributed by atoms with Crippen LogP contribution in [-0.4, -0.2) is 42.0 Å². The lowest BCUT2D eigenvalue weighted by Gasteiger charge is -2.44. The van der Waals surface area contributed by atoms with E-state index in [1.54, 1.807) is 6.07 Å². The fourth-order valence-electron chi connectivity index (χ4n) is 2.96. The zero-order valence-corrected chi connectivity index (χ0v) is 13.5. The van der Waals surface area contributed by atoms with Crippen LogP contribution in [0.4, 0.5) is 0 Å². The third kappa shape index (κ3) is 3.17. The average Bonchev–Trinajstić information content (AvgIpc) is 2.54. The second kappa shape index (κ2) is 6.68. The molecule has 2 aliphatic heterocycles. The molecule has 1 aromatic carbocycles. The molecule has 7 nitrogen and oxygen atoms in total. The second-order valence-corrected chi connectivity index (χ2v) is 6.08. The van der Waals surface area contributed by atoms with Gasteiger partial charge in [0.15, 0.2) is 6.10 Å². The molecule has 0 saturated carbocycles. The van der Waals surface area contributed by atoms with Gasteiger partial charge in [-0.25, -0.2) is 9.59 Å². The quantitative estimate of drug-likeness (QED) is 0.459. The first-order chi connectivity index (χ1) is 11.5. The molecule has 2 aliphatic rings. The number of benzene rings is 1. The van der Waals surface area contributed by atoms with Gasteiger partial charge in [0.25, 0.3) is 0 Å². The van der Waals surface area contributed by atoms with Crippen molar-refractivity contribution in [2.24, 2.45) is 0 Å². The summed E-state index contributed by atoms with van der Waals surface area (Å²) in [5.74, 6) is -3.00. The normalized spacial score (nSPS) is 25.1. The molecule has 2 atom stereocenters. The summed E-state index contributed by atoms with van der Waals surface area (Å²) in [6, 6.07) is 4.71. The number of nitrogens with one attached hydrogen (secondary N) is 1. The topological polar surface area (TPSA) is 94.1 Å². The van der Waals surface area contributed by atoms with Gasteiger partial charge in [0.1, 0.15) is 11.5 Å². The summed E-state index contributed by atoms with van der Waals surface area (Å²) in [7, 11) is 0. The molecule has 0 spiro atoms. The van der Waals surface area contributed by atoms with Crippen molar-refractivity contribution in [2.75, 3.05) is 13.1 Å². The number of hydrogen-bond donors (Lipinski definition) is 2. The number of esters is 2. The van der Waals surface area contributed by atoms with Gasteiger partial charge in [0.05, 0.1) is 6.54 Å². The number of hydrogen-bond acceptors (Lipinski definition) is 7. The van der Waals surface area contributed by atoms with Crippen LogP contribution in [0.2, 0.25) is 0 Å². The third-order valence-electron chi connectivity index (χ3n) is 4.24. The van der Waals surface area contributed by atoms with E-state index in [1.165, 1.54) is 12.1 Å². The largest absolute Gasteiger partial charge is 0.508 e. The lowest BCUT2D eigenvalue weighted by atomic mass is 9.95. The van der Waals surface area contributed by atoms with Crippen LogP contribution >= 0.6 is 0 Å². The smallest absolute Gasteiger partial charge is 0.420 e. The van der Waals surface area contributed by atoms with Crippen LogP contribution in [0.15, 0.2) is 18.2 Å². The van der Waals surface area contributed by atoms with Crippen LogP contribution in [0.1, 0.15) is 31.7 Å². The van der Waals surface area contributed by atoms with Gasteiger partial charge in [-0.05, 0) is 24.6 Å². The predicted molar refractivity (Wildman–Crippen MR) is 83.5 cm³/mol. The van der Waals surface area contributed by atoms with Crippen molar-refractivity contribution in [3.63, 3.8) is 0 Å². The van der Waals surface area contributed by atoms with Crippen LogP contribution in [0.25, 0.3) is 0 Å². The Hall–Kier alpha value is -2.28. The summed E-state index contributed by atoms with van der Waals surface area (Å²) in [4.78, 5) is 23.3. The van der Waals surface area contributed by atoms with Gasteiger partial charge in [-0.1, -0.05) is 25.8 Å². The number of fused-ring (bicyclic) bond motifs is 2. The van der Waals surface area contributed by atoms with Crippen LogP contribution in [-0.2, 0) is 25.5 Å². The minimum Gasteiger partial charge on any atom is -0.508 e. The van der Waals surface area contributed by atoms with Crippen LogP contribution in [0, 0.1) is 0 Å². The molecule has 0 aromatic heterocycles. The van der Waals surface area contributed by atoms with Crippen molar-refractivity contribution in [1.29, 1.82) is 0 Å². The van der Waals surface area contributed by atoms with E-state index < -0.39 is 23.8 Å². The molecule has 2 N–H and O–H groups in total. The molecular weight excluding hydrogens is 314 g/mol. The Balaban J connectivity index is 1.80. The van der Waals surface area contributed by atoms with Crippen molar-refractivity contribution in [1.82, 2.24) is 5.32 Å². The Labute approximate surface area is 139 Å². The molecule has 0 radical (unpaired) electrons. The molecule has 7 heteroatoms. The Morgan fingerprint density at radius 2 is 2.08 bits per heavy atom. The van der Waals surface area contributed by atoms with Gasteiger partial charge in [0.2, 0.25) is 0 Å². The van der Waals surface area contributed by atoms with E-state index in [2.05, 4.69) is 12.2 Å². The zero-order chi connectivity index (χ0) is 17.2. The Morgan fingerprint density at radius 3 is 2.88 bits per heavy atom. The highest BCUT2D eigenvalue weighted by Crippen LogP contribution is 2.39. The van der Waals surface area contributed by atoms with E-state index in [0.29, 0.717) is 12.2 Å². The van der Waals surface area contributed by atoms with E-state index in [1.807, 2.05) is 0 Å². The maximum absolute atomic E-state index is 11.7. The lowest BCUT2D eigenvalue weighted by Crippen LogP contribution is -2.65. The van der Waals surface area contributed by atoms with E-state index >= 15 is 0 Å². The van der Waals surface area contributed by atoms with Crippen molar-refractivity contribution in [3.05, 3.63) is 23.8 Å². The van der Waals surface area contributed by atoms with Crippen molar-refractivity contribution in [2.45, 2.75) is 44.5 Å². The molecule has 0 amide bonds. The van der Waals surface area contributed by atoms with Crippen LogP contribution < -0.4 is 10.1 Å². The molecule has 3 rings (SSSR count). The number of phenolic OH excluding ortho intramolecular Hbond substituents is 1. The SMILES string of the molecule is CCCCCNCC12OC(=O)C(=O)OC1Cc1ccc(O)cc1O2. The number of ether oxygens (including phenoxy) is 3. The van der Waals surface area contributed by atoms with E-state index in [0.717, 1.165) is 31.4 Å². The molecule has 0 bridgehead atoms. The maximum Gasteiger partial charge on any atom is 0.420 e. The Bertz CT molecular complexity index is 646. The minimum absolute atomic E-state index is 0.0531. The molecule has 0 aliphatic carbocycles. The molecular formula is C17H21NO6. The van der Waals surface area contributed by atoms with Crippen molar-refractivity contribution in [3.8, 4) is 11.5 Å². The molecule has 2 heterocycles. The van der Waals surface area contributed by atoms with Gasteiger partial charge in [-0.15, -0.1) is 0 Å². The van der Waals surface area contributed by atoms with Crippen molar-refractivity contribution < 1.29 is 28.9 Å². The number of rotatable bonds is 6. The highest BCUT2D eigenvalue weighted by Gasteiger charge is 2.55. The highest BCUT2D eigenvalue weighted by atomic mass is 16.8. The highest BCUT2D eigenvalue weighted by molar-refractivity contribution is 6.30. The first-order valence-electron chi connectivity index (χ1n) is 8.19. The summed E-state index contributed by atoms with van der Waals surface area (Å²) in [5.41, 5.74) is 0.783. The minimum atomic E-state index is -1.40. The van der Waals surface area contributed by atoms with Gasteiger partial charge in [0, 0.05) is 12.5 Å². The molecule has 1 aromatic rings. The van der Waals surface area contributed by atoms with Gasteiger partial charge in [-0.2, -0.15) is 0 Å². The summed E-state index contributed by atoms with van der Waals surface area (Å²) >= 11 is 0. The van der Waals surface area contributed by atoms with E-state index in [9.17, 15) is 14.7 Å². The zero-order valence-electron chi connectivity index (χ0n) is 13.5. The number of carbonyl (C=O) groups excluding carboxylic acids is 2. The number of carbonyl (C=O) groups is 2. The summed E-state index contributed by atoms with van der Waals surface area (Å²) < 4.78 is 16.4.